The Morgan fingerprint density at radius 2 is 2.06 bits per heavy atom. The molecule has 96 valence electrons. The Balaban J connectivity index is 2.62. The molecule has 2 amide bonds. The van der Waals surface area contributed by atoms with E-state index in [1.54, 1.807) is 13.0 Å². The van der Waals surface area contributed by atoms with Gasteiger partial charge in [0, 0.05) is 0 Å². The second-order valence-electron chi connectivity index (χ2n) is 3.72. The first-order valence-corrected chi connectivity index (χ1v) is 6.71. The summed E-state index contributed by atoms with van der Waals surface area (Å²) in [4.78, 5) is 23.4. The van der Waals surface area contributed by atoms with E-state index in [9.17, 15) is 18.0 Å². The lowest BCUT2D eigenvalue weighted by atomic mass is 10.1. The van der Waals surface area contributed by atoms with Crippen LogP contribution in [0.4, 0.5) is 4.79 Å². The van der Waals surface area contributed by atoms with E-state index in [-0.39, 0.29) is 21.4 Å². The maximum Gasteiger partial charge on any atom is 0.431 e. The summed E-state index contributed by atoms with van der Waals surface area (Å²) in [5.41, 5.74) is 0.540. The number of imide groups is 1. The molecule has 0 spiro atoms. The molecule has 0 atom stereocenters. The average Bonchev–Trinajstić information content (AvgIpc) is 2.48. The summed E-state index contributed by atoms with van der Waals surface area (Å²) in [6.45, 7) is 3.14. The van der Waals surface area contributed by atoms with Gasteiger partial charge in [-0.3, -0.25) is 4.79 Å². The largest absolute Gasteiger partial charge is 0.449 e. The van der Waals surface area contributed by atoms with Crippen molar-refractivity contribution in [3.8, 4) is 0 Å². The van der Waals surface area contributed by atoms with E-state index in [4.69, 9.17) is 0 Å². The van der Waals surface area contributed by atoms with Crippen LogP contribution in [-0.4, -0.2) is 31.3 Å². The zero-order valence-corrected chi connectivity index (χ0v) is 10.7. The van der Waals surface area contributed by atoms with Crippen molar-refractivity contribution in [2.45, 2.75) is 18.7 Å². The molecular weight excluding hydrogens is 258 g/mol. The Hall–Kier alpha value is -1.89. The molecule has 6 nitrogen and oxygen atoms in total. The number of aryl methyl sites for hydroxylation is 1. The fourth-order valence-corrected chi connectivity index (χ4v) is 3.31. The second-order valence-corrected chi connectivity index (χ2v) is 5.48. The molecule has 0 saturated carbocycles. The molecule has 0 aliphatic carbocycles. The number of sulfonamides is 1. The maximum absolute atomic E-state index is 12.1. The van der Waals surface area contributed by atoms with E-state index in [2.05, 4.69) is 4.74 Å². The third kappa shape index (κ3) is 1.59. The van der Waals surface area contributed by atoms with Crippen molar-refractivity contribution in [1.82, 2.24) is 4.31 Å². The minimum Gasteiger partial charge on any atom is -0.449 e. The highest BCUT2D eigenvalue weighted by molar-refractivity contribution is 7.90. The van der Waals surface area contributed by atoms with E-state index in [0.29, 0.717) is 5.56 Å². The SMILES string of the molecule is CCOC(=O)N1C(=O)c2c(C)cccc2S1(=O)=O. The van der Waals surface area contributed by atoms with Crippen LogP contribution in [0.2, 0.25) is 0 Å². The van der Waals surface area contributed by atoms with Gasteiger partial charge in [-0.2, -0.15) is 0 Å². The molecule has 0 N–H and O–H groups in total. The molecule has 0 aromatic heterocycles. The number of rotatable bonds is 1. The van der Waals surface area contributed by atoms with Crippen molar-refractivity contribution >= 4 is 22.0 Å². The minimum absolute atomic E-state index is 0.00649. The van der Waals surface area contributed by atoms with Crippen molar-refractivity contribution in [2.24, 2.45) is 0 Å². The van der Waals surface area contributed by atoms with Gasteiger partial charge in [0.05, 0.1) is 12.2 Å². The van der Waals surface area contributed by atoms with Gasteiger partial charge in [-0.05, 0) is 25.5 Å². The maximum atomic E-state index is 12.1. The molecule has 0 radical (unpaired) electrons. The Bertz CT molecular complexity index is 635. The first-order chi connectivity index (χ1) is 8.41. The summed E-state index contributed by atoms with van der Waals surface area (Å²) in [5, 5.41) is 0. The van der Waals surface area contributed by atoms with E-state index < -0.39 is 22.0 Å². The van der Waals surface area contributed by atoms with Crippen LogP contribution in [0.3, 0.4) is 0 Å². The molecule has 0 saturated heterocycles. The number of carbonyl (C=O) groups is 2. The standard InChI is InChI=1S/C11H11NO5S/c1-3-17-11(14)12-10(13)9-7(2)5-4-6-8(9)18(12,15)16/h4-6H,3H2,1-2H3. The molecule has 1 aliphatic heterocycles. The number of fused-ring (bicyclic) bond motifs is 1. The lowest BCUT2D eigenvalue weighted by Crippen LogP contribution is -2.36. The van der Waals surface area contributed by atoms with Gasteiger partial charge in [-0.15, -0.1) is 4.31 Å². The normalized spacial score (nSPS) is 16.6. The Labute approximate surface area is 104 Å². The van der Waals surface area contributed by atoms with Crippen LogP contribution in [0.1, 0.15) is 22.8 Å². The Kier molecular flexibility index (Phi) is 2.86. The monoisotopic (exact) mass is 269 g/mol. The predicted molar refractivity (Wildman–Crippen MR) is 61.6 cm³/mol. The summed E-state index contributed by atoms with van der Waals surface area (Å²) in [5.74, 6) is -0.860. The number of amides is 2. The van der Waals surface area contributed by atoms with Gasteiger partial charge in [0.15, 0.2) is 0 Å². The van der Waals surface area contributed by atoms with Crippen LogP contribution in [-0.2, 0) is 14.8 Å². The summed E-state index contributed by atoms with van der Waals surface area (Å²) in [7, 11) is -4.13. The highest BCUT2D eigenvalue weighted by Gasteiger charge is 2.46. The van der Waals surface area contributed by atoms with Crippen LogP contribution < -0.4 is 0 Å². The molecular formula is C11H11NO5S. The van der Waals surface area contributed by atoms with E-state index in [0.717, 1.165) is 0 Å². The van der Waals surface area contributed by atoms with Crippen LogP contribution in [0.5, 0.6) is 0 Å². The zero-order valence-electron chi connectivity index (χ0n) is 9.84. The third-order valence-corrected chi connectivity index (χ3v) is 4.28. The van der Waals surface area contributed by atoms with E-state index in [1.807, 2.05) is 0 Å². The molecule has 2 rings (SSSR count). The minimum atomic E-state index is -4.13. The fraction of sp³-hybridized carbons (Fsp3) is 0.273. The molecule has 1 aromatic rings. The summed E-state index contributed by atoms with van der Waals surface area (Å²) < 4.78 is 28.9. The highest BCUT2D eigenvalue weighted by Crippen LogP contribution is 2.32. The molecule has 0 bridgehead atoms. The number of carbonyl (C=O) groups excluding carboxylic acids is 2. The van der Waals surface area contributed by atoms with Gasteiger partial charge in [-0.25, -0.2) is 13.2 Å². The lowest BCUT2D eigenvalue weighted by molar-refractivity contribution is 0.0815. The second kappa shape index (κ2) is 4.09. The topological polar surface area (TPSA) is 80.8 Å². The molecule has 1 aliphatic rings. The smallest absolute Gasteiger partial charge is 0.431 e. The van der Waals surface area contributed by atoms with E-state index in [1.165, 1.54) is 19.1 Å². The van der Waals surface area contributed by atoms with Gasteiger partial charge in [0.1, 0.15) is 4.90 Å². The van der Waals surface area contributed by atoms with Crippen molar-refractivity contribution in [1.29, 1.82) is 0 Å². The number of benzene rings is 1. The number of ether oxygens (including phenoxy) is 1. The summed E-state index contributed by atoms with van der Waals surface area (Å²) in [6, 6.07) is 4.43. The van der Waals surface area contributed by atoms with Crippen LogP contribution in [0, 0.1) is 6.92 Å². The first kappa shape index (κ1) is 12.6. The fourth-order valence-electron chi connectivity index (χ4n) is 1.80. The van der Waals surface area contributed by atoms with Crippen molar-refractivity contribution < 1.29 is 22.7 Å². The van der Waals surface area contributed by atoms with Crippen LogP contribution in [0.25, 0.3) is 0 Å². The highest BCUT2D eigenvalue weighted by atomic mass is 32.2. The quantitative estimate of drug-likeness (QED) is 0.767. The van der Waals surface area contributed by atoms with Gasteiger partial charge >= 0.3 is 6.09 Å². The molecule has 7 heteroatoms. The zero-order chi connectivity index (χ0) is 13.5. The number of hydrogen-bond donors (Lipinski definition) is 0. The van der Waals surface area contributed by atoms with Crippen LogP contribution >= 0.6 is 0 Å². The number of nitrogens with zero attached hydrogens (tertiary/aromatic N) is 1. The molecule has 0 unspecified atom stereocenters. The van der Waals surface area contributed by atoms with Gasteiger partial charge in [0.25, 0.3) is 15.9 Å². The molecule has 0 fully saturated rings. The lowest BCUT2D eigenvalue weighted by Gasteiger charge is -2.11. The first-order valence-electron chi connectivity index (χ1n) is 5.27. The van der Waals surface area contributed by atoms with Crippen molar-refractivity contribution in [3.63, 3.8) is 0 Å². The number of hydrogen-bond acceptors (Lipinski definition) is 5. The van der Waals surface area contributed by atoms with Gasteiger partial charge in [0.2, 0.25) is 0 Å². The molecule has 1 heterocycles. The van der Waals surface area contributed by atoms with Crippen LogP contribution in [0.15, 0.2) is 23.1 Å². The van der Waals surface area contributed by atoms with Gasteiger partial charge in [-0.1, -0.05) is 12.1 Å². The Morgan fingerprint density at radius 1 is 1.39 bits per heavy atom. The Morgan fingerprint density at radius 3 is 2.61 bits per heavy atom. The van der Waals surface area contributed by atoms with Crippen molar-refractivity contribution in [2.75, 3.05) is 6.61 Å². The molecule has 18 heavy (non-hydrogen) atoms. The van der Waals surface area contributed by atoms with E-state index >= 15 is 0 Å². The van der Waals surface area contributed by atoms with Gasteiger partial charge < -0.3 is 4.74 Å². The van der Waals surface area contributed by atoms with Crippen molar-refractivity contribution in [3.05, 3.63) is 29.3 Å². The predicted octanol–water partition coefficient (Wildman–Crippen LogP) is 1.30. The summed E-state index contributed by atoms with van der Waals surface area (Å²) >= 11 is 0. The summed E-state index contributed by atoms with van der Waals surface area (Å²) in [6.07, 6.45) is -1.17. The third-order valence-electron chi connectivity index (χ3n) is 2.58. The molecule has 1 aromatic carbocycles. The average molecular weight is 269 g/mol.